The van der Waals surface area contributed by atoms with Gasteiger partial charge in [0.1, 0.15) is 5.75 Å². The molecule has 0 saturated carbocycles. The first-order valence-corrected chi connectivity index (χ1v) is 6.25. The quantitative estimate of drug-likeness (QED) is 0.844. The van der Waals surface area contributed by atoms with Crippen LogP contribution in [0.2, 0.25) is 0 Å². The minimum Gasteiger partial charge on any atom is -0.496 e. The predicted octanol–water partition coefficient (Wildman–Crippen LogP) is 3.67. The molecule has 0 unspecified atom stereocenters. The minimum absolute atomic E-state index is 0.0825. The topological polar surface area (TPSA) is 29.5 Å². The zero-order valence-electron chi connectivity index (χ0n) is 11.3. The third kappa shape index (κ3) is 3.46. The summed E-state index contributed by atoms with van der Waals surface area (Å²) in [7, 11) is 1.68. The van der Waals surface area contributed by atoms with E-state index in [1.54, 1.807) is 7.11 Å². The maximum Gasteiger partial charge on any atom is 0.122 e. The second-order valence-electron chi connectivity index (χ2n) is 4.46. The van der Waals surface area contributed by atoms with Gasteiger partial charge in [0.25, 0.3) is 0 Å². The molecule has 1 N–H and O–H groups in total. The molecule has 0 spiro atoms. The van der Waals surface area contributed by atoms with Crippen molar-refractivity contribution in [1.29, 1.82) is 0 Å². The van der Waals surface area contributed by atoms with Crippen molar-refractivity contribution >= 4 is 12.2 Å². The molecule has 0 heterocycles. The van der Waals surface area contributed by atoms with E-state index in [0.717, 1.165) is 28.0 Å². The number of hydrogen-bond donors (Lipinski definition) is 1. The maximum atomic E-state index is 8.99. The third-order valence-electron chi connectivity index (χ3n) is 3.06. The molecule has 0 amide bonds. The van der Waals surface area contributed by atoms with Crippen molar-refractivity contribution in [1.82, 2.24) is 0 Å². The van der Waals surface area contributed by atoms with E-state index in [9.17, 15) is 0 Å². The Balaban J connectivity index is 2.17. The number of rotatable bonds is 4. The SMILES string of the molecule is COc1cc(/C=C/c2ccc(CO)cc2)ccc1C. The van der Waals surface area contributed by atoms with Crippen LogP contribution in [0.1, 0.15) is 22.3 Å². The Morgan fingerprint density at radius 3 is 2.26 bits per heavy atom. The van der Waals surface area contributed by atoms with Gasteiger partial charge < -0.3 is 9.84 Å². The summed E-state index contributed by atoms with van der Waals surface area (Å²) in [5, 5.41) is 8.99. The molecule has 2 aromatic carbocycles. The van der Waals surface area contributed by atoms with Crippen LogP contribution in [0.25, 0.3) is 12.2 Å². The second kappa shape index (κ2) is 6.21. The Morgan fingerprint density at radius 1 is 1.00 bits per heavy atom. The Hall–Kier alpha value is -2.06. The molecule has 0 aliphatic heterocycles. The first-order valence-electron chi connectivity index (χ1n) is 6.25. The maximum absolute atomic E-state index is 8.99. The van der Waals surface area contributed by atoms with E-state index in [2.05, 4.69) is 12.1 Å². The highest BCUT2D eigenvalue weighted by molar-refractivity contribution is 5.70. The van der Waals surface area contributed by atoms with Gasteiger partial charge in [-0.3, -0.25) is 0 Å². The molecule has 2 rings (SSSR count). The molecule has 0 atom stereocenters. The van der Waals surface area contributed by atoms with Crippen molar-refractivity contribution in [2.75, 3.05) is 7.11 Å². The number of ether oxygens (including phenoxy) is 1. The lowest BCUT2D eigenvalue weighted by Gasteiger charge is -2.05. The highest BCUT2D eigenvalue weighted by atomic mass is 16.5. The van der Waals surface area contributed by atoms with Gasteiger partial charge >= 0.3 is 0 Å². The van der Waals surface area contributed by atoms with Crippen LogP contribution in [-0.2, 0) is 6.61 Å². The summed E-state index contributed by atoms with van der Waals surface area (Å²) in [4.78, 5) is 0. The van der Waals surface area contributed by atoms with Crippen molar-refractivity contribution in [3.05, 3.63) is 64.7 Å². The van der Waals surface area contributed by atoms with Crippen molar-refractivity contribution in [3.63, 3.8) is 0 Å². The lowest BCUT2D eigenvalue weighted by atomic mass is 10.1. The highest BCUT2D eigenvalue weighted by Gasteiger charge is 1.97. The van der Waals surface area contributed by atoms with Gasteiger partial charge in [0.15, 0.2) is 0 Å². The Bertz CT molecular complexity index is 568. The summed E-state index contributed by atoms with van der Waals surface area (Å²) in [6.07, 6.45) is 4.10. The first kappa shape index (κ1) is 13.4. The molecule has 0 radical (unpaired) electrons. The van der Waals surface area contributed by atoms with Gasteiger partial charge in [-0.25, -0.2) is 0 Å². The average Bonchev–Trinajstić information content (AvgIpc) is 2.47. The molecule has 19 heavy (non-hydrogen) atoms. The van der Waals surface area contributed by atoms with Crippen LogP contribution in [0.3, 0.4) is 0 Å². The highest BCUT2D eigenvalue weighted by Crippen LogP contribution is 2.20. The number of hydrogen-bond acceptors (Lipinski definition) is 2. The van der Waals surface area contributed by atoms with E-state index in [4.69, 9.17) is 9.84 Å². The summed E-state index contributed by atoms with van der Waals surface area (Å²) >= 11 is 0. The monoisotopic (exact) mass is 254 g/mol. The molecule has 98 valence electrons. The molecule has 0 saturated heterocycles. The number of aryl methyl sites for hydroxylation is 1. The van der Waals surface area contributed by atoms with Gasteiger partial charge in [-0.2, -0.15) is 0 Å². The summed E-state index contributed by atoms with van der Waals surface area (Å²) in [6, 6.07) is 14.0. The molecule has 2 heteroatoms. The van der Waals surface area contributed by atoms with E-state index in [0.29, 0.717) is 0 Å². The van der Waals surface area contributed by atoms with Crippen LogP contribution in [0.4, 0.5) is 0 Å². The zero-order chi connectivity index (χ0) is 13.7. The molecule has 2 aromatic rings. The van der Waals surface area contributed by atoms with Crippen LogP contribution >= 0.6 is 0 Å². The fourth-order valence-electron chi connectivity index (χ4n) is 1.87. The molecular formula is C17H18O2. The predicted molar refractivity (Wildman–Crippen MR) is 79.0 cm³/mol. The number of aliphatic hydroxyl groups is 1. The van der Waals surface area contributed by atoms with Gasteiger partial charge in [-0.05, 0) is 35.2 Å². The number of benzene rings is 2. The third-order valence-corrected chi connectivity index (χ3v) is 3.06. The van der Waals surface area contributed by atoms with Crippen LogP contribution in [0, 0.1) is 6.92 Å². The summed E-state index contributed by atoms with van der Waals surface area (Å²) in [5.41, 5.74) is 4.27. The van der Waals surface area contributed by atoms with Crippen molar-refractivity contribution in [2.24, 2.45) is 0 Å². The van der Waals surface area contributed by atoms with E-state index in [1.807, 2.05) is 49.4 Å². The Morgan fingerprint density at radius 2 is 1.63 bits per heavy atom. The second-order valence-corrected chi connectivity index (χ2v) is 4.46. The van der Waals surface area contributed by atoms with Crippen LogP contribution in [0.15, 0.2) is 42.5 Å². The lowest BCUT2D eigenvalue weighted by molar-refractivity contribution is 0.282. The van der Waals surface area contributed by atoms with Crippen LogP contribution in [0.5, 0.6) is 5.75 Å². The first-order chi connectivity index (χ1) is 9.22. The number of methoxy groups -OCH3 is 1. The molecule has 2 nitrogen and oxygen atoms in total. The molecule has 0 aliphatic carbocycles. The largest absolute Gasteiger partial charge is 0.496 e. The zero-order valence-corrected chi connectivity index (χ0v) is 11.3. The lowest BCUT2D eigenvalue weighted by Crippen LogP contribution is -1.87. The van der Waals surface area contributed by atoms with Crippen molar-refractivity contribution in [2.45, 2.75) is 13.5 Å². The van der Waals surface area contributed by atoms with Crippen molar-refractivity contribution in [3.8, 4) is 5.75 Å². The van der Waals surface area contributed by atoms with Gasteiger partial charge in [0.2, 0.25) is 0 Å². The Labute approximate surface area is 114 Å². The van der Waals surface area contributed by atoms with Gasteiger partial charge in [0.05, 0.1) is 13.7 Å². The van der Waals surface area contributed by atoms with Gasteiger partial charge in [-0.15, -0.1) is 0 Å². The summed E-state index contributed by atoms with van der Waals surface area (Å²) < 4.78 is 5.31. The molecule has 0 aromatic heterocycles. The fraction of sp³-hybridized carbons (Fsp3) is 0.176. The van der Waals surface area contributed by atoms with E-state index < -0.39 is 0 Å². The number of aliphatic hydroxyl groups excluding tert-OH is 1. The van der Waals surface area contributed by atoms with Crippen LogP contribution in [-0.4, -0.2) is 12.2 Å². The molecule has 0 bridgehead atoms. The van der Waals surface area contributed by atoms with Gasteiger partial charge in [0, 0.05) is 0 Å². The Kier molecular flexibility index (Phi) is 4.37. The average molecular weight is 254 g/mol. The smallest absolute Gasteiger partial charge is 0.122 e. The minimum atomic E-state index is 0.0825. The van der Waals surface area contributed by atoms with E-state index in [1.165, 1.54) is 0 Å². The van der Waals surface area contributed by atoms with Crippen molar-refractivity contribution < 1.29 is 9.84 Å². The van der Waals surface area contributed by atoms with E-state index >= 15 is 0 Å². The molecular weight excluding hydrogens is 236 g/mol. The molecule has 0 fully saturated rings. The standard InChI is InChI=1S/C17H18O2/c1-13-3-4-15(11-17(13)19-2)8-5-14-6-9-16(12-18)10-7-14/h3-11,18H,12H2,1-2H3/b8-5+. The van der Waals surface area contributed by atoms with E-state index in [-0.39, 0.29) is 6.61 Å². The summed E-state index contributed by atoms with van der Waals surface area (Å²) in [6.45, 7) is 2.11. The molecule has 0 aliphatic rings. The fourth-order valence-corrected chi connectivity index (χ4v) is 1.87. The van der Waals surface area contributed by atoms with Crippen LogP contribution < -0.4 is 4.74 Å². The summed E-state index contributed by atoms with van der Waals surface area (Å²) in [5.74, 6) is 0.901. The normalized spacial score (nSPS) is 10.9. The van der Waals surface area contributed by atoms with Gasteiger partial charge in [-0.1, -0.05) is 48.6 Å².